The quantitative estimate of drug-likeness (QED) is 0.238. The first-order valence-electron chi connectivity index (χ1n) is 14.3. The van der Waals surface area contributed by atoms with E-state index in [1.165, 1.54) is 4.90 Å². The van der Waals surface area contributed by atoms with Gasteiger partial charge in [-0.25, -0.2) is 8.42 Å². The molecule has 1 atom stereocenters. The smallest absolute Gasteiger partial charge is 0.264 e. The van der Waals surface area contributed by atoms with Crippen LogP contribution in [0.5, 0.6) is 0 Å². The van der Waals surface area contributed by atoms with Gasteiger partial charge in [0, 0.05) is 18.1 Å². The molecule has 0 aliphatic rings. The number of nitrogens with one attached hydrogen (secondary N) is 1. The van der Waals surface area contributed by atoms with Crippen LogP contribution in [0.25, 0.3) is 0 Å². The highest BCUT2D eigenvalue weighted by atomic mass is 35.5. The molecule has 2 amide bonds. The molecule has 0 bridgehead atoms. The zero-order valence-corrected chi connectivity index (χ0v) is 26.9. The monoisotopic (exact) mass is 611 g/mol. The zero-order valence-electron chi connectivity index (χ0n) is 25.3. The van der Waals surface area contributed by atoms with Crippen molar-refractivity contribution < 1.29 is 18.0 Å². The van der Waals surface area contributed by atoms with Gasteiger partial charge in [0.05, 0.1) is 10.6 Å². The van der Waals surface area contributed by atoms with Crippen molar-refractivity contribution in [2.75, 3.05) is 17.4 Å². The van der Waals surface area contributed by atoms with Gasteiger partial charge in [-0.2, -0.15) is 0 Å². The molecule has 0 saturated heterocycles. The first kappa shape index (κ1) is 33.1. The van der Waals surface area contributed by atoms with Gasteiger partial charge in [-0.15, -0.1) is 0 Å². The van der Waals surface area contributed by atoms with Crippen molar-refractivity contribution in [3.05, 3.63) is 94.5 Å². The molecule has 7 nitrogen and oxygen atoms in total. The minimum atomic E-state index is -4.13. The summed E-state index contributed by atoms with van der Waals surface area (Å²) in [5, 5.41) is 3.39. The molecule has 0 aromatic heterocycles. The summed E-state index contributed by atoms with van der Waals surface area (Å²) in [5.41, 5.74) is 2.99. The molecule has 0 saturated carbocycles. The summed E-state index contributed by atoms with van der Waals surface area (Å²) in [6.45, 7) is 11.8. The predicted molar refractivity (Wildman–Crippen MR) is 170 cm³/mol. The van der Waals surface area contributed by atoms with Crippen LogP contribution in [0.4, 0.5) is 5.69 Å². The molecule has 0 spiro atoms. The molecular formula is C33H42ClN3O4S. The zero-order chi connectivity index (χ0) is 31.0. The van der Waals surface area contributed by atoms with Crippen molar-refractivity contribution in [3.63, 3.8) is 0 Å². The number of rotatable bonds is 13. The fraction of sp³-hybridized carbons (Fsp3) is 0.394. The van der Waals surface area contributed by atoms with E-state index in [1.54, 1.807) is 54.6 Å². The number of amides is 2. The Morgan fingerprint density at radius 3 is 2.07 bits per heavy atom. The maximum absolute atomic E-state index is 14.2. The molecular weight excluding hydrogens is 570 g/mol. The molecule has 42 heavy (non-hydrogen) atoms. The second kappa shape index (κ2) is 14.7. The first-order chi connectivity index (χ1) is 19.8. The molecule has 3 aromatic rings. The van der Waals surface area contributed by atoms with Crippen LogP contribution < -0.4 is 9.62 Å². The molecule has 226 valence electrons. The fourth-order valence-corrected chi connectivity index (χ4v) is 6.15. The Labute approximate surface area is 255 Å². The Bertz CT molecular complexity index is 1460. The largest absolute Gasteiger partial charge is 0.354 e. The third kappa shape index (κ3) is 8.35. The summed E-state index contributed by atoms with van der Waals surface area (Å²) in [4.78, 5) is 29.0. The van der Waals surface area contributed by atoms with Gasteiger partial charge in [-0.3, -0.25) is 13.9 Å². The maximum Gasteiger partial charge on any atom is 0.264 e. The minimum absolute atomic E-state index is 0.0524. The van der Waals surface area contributed by atoms with E-state index in [2.05, 4.69) is 19.2 Å². The molecule has 0 aliphatic heterocycles. The Hall–Kier alpha value is -3.36. The molecule has 0 heterocycles. The van der Waals surface area contributed by atoms with Crippen molar-refractivity contribution in [2.24, 2.45) is 5.92 Å². The Balaban J connectivity index is 2.07. The lowest BCUT2D eigenvalue weighted by Gasteiger charge is -2.33. The molecule has 0 radical (unpaired) electrons. The predicted octanol–water partition coefficient (Wildman–Crippen LogP) is 6.55. The number of aryl methyl sites for hydroxylation is 1. The Morgan fingerprint density at radius 1 is 0.905 bits per heavy atom. The molecule has 9 heteroatoms. The number of halogens is 1. The van der Waals surface area contributed by atoms with E-state index in [4.69, 9.17) is 11.6 Å². The first-order valence-corrected chi connectivity index (χ1v) is 16.2. The van der Waals surface area contributed by atoms with Gasteiger partial charge >= 0.3 is 0 Å². The lowest BCUT2D eigenvalue weighted by Crippen LogP contribution is -2.52. The number of carbonyl (C=O) groups is 2. The van der Waals surface area contributed by atoms with E-state index in [-0.39, 0.29) is 29.2 Å². The van der Waals surface area contributed by atoms with E-state index in [0.717, 1.165) is 15.4 Å². The number of hydrogen-bond acceptors (Lipinski definition) is 4. The summed E-state index contributed by atoms with van der Waals surface area (Å²) in [6, 6.07) is 20.0. The van der Waals surface area contributed by atoms with Gasteiger partial charge in [0.2, 0.25) is 11.8 Å². The minimum Gasteiger partial charge on any atom is -0.354 e. The number of hydrogen-bond donors (Lipinski definition) is 1. The Morgan fingerprint density at radius 2 is 1.52 bits per heavy atom. The second-order valence-corrected chi connectivity index (χ2v) is 13.5. The average Bonchev–Trinajstić information content (AvgIpc) is 2.95. The van der Waals surface area contributed by atoms with E-state index >= 15 is 0 Å². The van der Waals surface area contributed by atoms with Gasteiger partial charge < -0.3 is 10.2 Å². The van der Waals surface area contributed by atoms with E-state index < -0.39 is 28.5 Å². The topological polar surface area (TPSA) is 86.8 Å². The van der Waals surface area contributed by atoms with Gasteiger partial charge in [0.1, 0.15) is 12.6 Å². The lowest BCUT2D eigenvalue weighted by molar-refractivity contribution is -0.140. The molecule has 3 aromatic carbocycles. The van der Waals surface area contributed by atoms with Crippen molar-refractivity contribution in [1.29, 1.82) is 0 Å². The molecule has 0 fully saturated rings. The highest BCUT2D eigenvalue weighted by Crippen LogP contribution is 2.27. The van der Waals surface area contributed by atoms with Gasteiger partial charge in [0.25, 0.3) is 10.0 Å². The lowest BCUT2D eigenvalue weighted by atomic mass is 10.0. The van der Waals surface area contributed by atoms with Crippen LogP contribution >= 0.6 is 11.6 Å². The van der Waals surface area contributed by atoms with Gasteiger partial charge in [-0.05, 0) is 66.6 Å². The third-order valence-corrected chi connectivity index (χ3v) is 9.26. The number of benzene rings is 3. The van der Waals surface area contributed by atoms with E-state index in [1.807, 2.05) is 45.9 Å². The van der Waals surface area contributed by atoms with Gasteiger partial charge in [0.15, 0.2) is 0 Å². The van der Waals surface area contributed by atoms with Crippen LogP contribution in [0.3, 0.4) is 0 Å². The van der Waals surface area contributed by atoms with Crippen LogP contribution in [0, 0.1) is 12.8 Å². The average molecular weight is 612 g/mol. The summed E-state index contributed by atoms with van der Waals surface area (Å²) < 4.78 is 29.2. The van der Waals surface area contributed by atoms with Crippen molar-refractivity contribution in [1.82, 2.24) is 10.2 Å². The molecule has 1 N–H and O–H groups in total. The second-order valence-electron chi connectivity index (χ2n) is 11.2. The summed E-state index contributed by atoms with van der Waals surface area (Å²) in [5.74, 6) is -0.322. The summed E-state index contributed by atoms with van der Waals surface area (Å²) in [7, 11) is -4.13. The van der Waals surface area contributed by atoms with E-state index in [0.29, 0.717) is 29.2 Å². The normalized spacial score (nSPS) is 12.3. The molecule has 0 aliphatic carbocycles. The molecule has 3 rings (SSSR count). The highest BCUT2D eigenvalue weighted by molar-refractivity contribution is 7.92. The standard InChI is InChI=1S/C33H42ClN3O4S/c1-7-31(33(39)35-20-23(2)3)36(21-27-10-8-9-11-30(27)34)32(38)22-37(28-16-14-26(15-17-28)24(4)5)42(40,41)29-18-12-25(6)13-19-29/h8-19,23-24,31H,7,20-22H2,1-6H3,(H,35,39)/t31-/m0/s1. The molecule has 0 unspecified atom stereocenters. The number of anilines is 1. The number of carbonyl (C=O) groups excluding carboxylic acids is 2. The van der Waals surface area contributed by atoms with Crippen LogP contribution in [0.2, 0.25) is 5.02 Å². The van der Waals surface area contributed by atoms with Gasteiger partial charge in [-0.1, -0.05) is 94.2 Å². The number of sulfonamides is 1. The van der Waals surface area contributed by atoms with Crippen molar-refractivity contribution in [3.8, 4) is 0 Å². The highest BCUT2D eigenvalue weighted by Gasteiger charge is 2.34. The SMILES string of the molecule is CC[C@@H](C(=O)NCC(C)C)N(Cc1ccccc1Cl)C(=O)CN(c1ccc(C(C)C)cc1)S(=O)(=O)c1ccc(C)cc1. The number of nitrogens with zero attached hydrogens (tertiary/aromatic N) is 2. The van der Waals surface area contributed by atoms with Crippen molar-refractivity contribution >= 4 is 39.1 Å². The van der Waals surface area contributed by atoms with Crippen molar-refractivity contribution in [2.45, 2.75) is 71.4 Å². The third-order valence-electron chi connectivity index (χ3n) is 7.10. The summed E-state index contributed by atoms with van der Waals surface area (Å²) in [6.07, 6.45) is 0.341. The fourth-order valence-electron chi connectivity index (χ4n) is 4.54. The van der Waals surface area contributed by atoms with E-state index in [9.17, 15) is 18.0 Å². The van der Waals surface area contributed by atoms with Crippen LogP contribution in [0.15, 0.2) is 77.7 Å². The maximum atomic E-state index is 14.2. The van der Waals surface area contributed by atoms with Crippen LogP contribution in [0.1, 0.15) is 63.6 Å². The summed E-state index contributed by atoms with van der Waals surface area (Å²) >= 11 is 6.47. The Kier molecular flexibility index (Phi) is 11.6. The van der Waals surface area contributed by atoms with Crippen LogP contribution in [-0.2, 0) is 26.2 Å². The van der Waals surface area contributed by atoms with Crippen LogP contribution in [-0.4, -0.2) is 44.3 Å².